The number of benzene rings is 1. The molecule has 0 aliphatic carbocycles. The van der Waals surface area contributed by atoms with Gasteiger partial charge in [0.1, 0.15) is 0 Å². The van der Waals surface area contributed by atoms with Crippen molar-refractivity contribution in [3.63, 3.8) is 0 Å². The maximum Gasteiger partial charge on any atom is 0.0912 e. The lowest BCUT2D eigenvalue weighted by Gasteiger charge is -1.97. The molecule has 1 rings (SSSR count). The molecular weight excluding hydrogens is 156 g/mol. The average molecular weight is 167 g/mol. The molecule has 0 spiro atoms. The molecule has 1 radical (unpaired) electrons. The summed E-state index contributed by atoms with van der Waals surface area (Å²) in [6.07, 6.45) is 0. The normalized spacial score (nSPS) is 9.91. The van der Waals surface area contributed by atoms with Crippen LogP contribution in [0.15, 0.2) is 30.3 Å². The molecule has 0 aromatic heterocycles. The monoisotopic (exact) mass is 167 g/mol. The van der Waals surface area contributed by atoms with Crippen LogP contribution in [0.2, 0.25) is 0 Å². The van der Waals surface area contributed by atoms with Crippen LogP contribution >= 0.6 is 11.8 Å². The van der Waals surface area contributed by atoms with Crippen LogP contribution in [0.5, 0.6) is 0 Å². The van der Waals surface area contributed by atoms with Crippen molar-refractivity contribution in [3.8, 4) is 0 Å². The molecule has 0 fully saturated rings. The molecule has 0 N–H and O–H groups in total. The summed E-state index contributed by atoms with van der Waals surface area (Å²) in [6, 6.07) is 10.2. The zero-order valence-corrected chi connectivity index (χ0v) is 7.14. The van der Waals surface area contributed by atoms with Crippen molar-refractivity contribution in [2.75, 3.05) is 12.4 Å². The number of rotatable bonds is 4. The Bertz CT molecular complexity index is 186. The van der Waals surface area contributed by atoms with Gasteiger partial charge in [0, 0.05) is 11.5 Å². The van der Waals surface area contributed by atoms with Crippen molar-refractivity contribution in [3.05, 3.63) is 35.9 Å². The van der Waals surface area contributed by atoms with Crippen molar-refractivity contribution < 1.29 is 5.11 Å². The summed E-state index contributed by atoms with van der Waals surface area (Å²) in [5, 5.41) is 10.1. The first-order chi connectivity index (χ1) is 5.43. The second kappa shape index (κ2) is 5.22. The molecule has 59 valence electrons. The van der Waals surface area contributed by atoms with Gasteiger partial charge in [-0.1, -0.05) is 30.3 Å². The van der Waals surface area contributed by atoms with E-state index in [1.165, 1.54) is 5.56 Å². The van der Waals surface area contributed by atoms with E-state index >= 15 is 0 Å². The fourth-order valence-corrected chi connectivity index (χ4v) is 1.51. The minimum atomic E-state index is 0.0253. The quantitative estimate of drug-likeness (QED) is 0.630. The maximum absolute atomic E-state index is 10.1. The van der Waals surface area contributed by atoms with Crippen LogP contribution in [0.4, 0.5) is 0 Å². The third-order valence-electron chi connectivity index (χ3n) is 1.34. The highest BCUT2D eigenvalue weighted by Crippen LogP contribution is 2.10. The molecule has 0 heterocycles. The van der Waals surface area contributed by atoms with E-state index in [-0.39, 0.29) is 6.61 Å². The van der Waals surface area contributed by atoms with E-state index in [4.69, 9.17) is 0 Å². The Morgan fingerprint density at radius 3 is 2.55 bits per heavy atom. The Hall–Kier alpha value is -0.470. The van der Waals surface area contributed by atoms with E-state index in [0.717, 1.165) is 11.5 Å². The van der Waals surface area contributed by atoms with Crippen molar-refractivity contribution in [1.29, 1.82) is 0 Å². The minimum absolute atomic E-state index is 0.0253. The fraction of sp³-hybridized carbons (Fsp3) is 0.333. The van der Waals surface area contributed by atoms with Gasteiger partial charge in [0.25, 0.3) is 0 Å². The topological polar surface area (TPSA) is 19.9 Å². The van der Waals surface area contributed by atoms with Gasteiger partial charge in [0.15, 0.2) is 0 Å². The van der Waals surface area contributed by atoms with Gasteiger partial charge in [-0.25, -0.2) is 5.11 Å². The summed E-state index contributed by atoms with van der Waals surface area (Å²) < 4.78 is 0. The second-order valence-electron chi connectivity index (χ2n) is 2.24. The Morgan fingerprint density at radius 1 is 1.18 bits per heavy atom. The lowest BCUT2D eigenvalue weighted by Crippen LogP contribution is -1.85. The maximum atomic E-state index is 10.1. The Morgan fingerprint density at radius 2 is 1.91 bits per heavy atom. The Balaban J connectivity index is 2.28. The summed E-state index contributed by atoms with van der Waals surface area (Å²) >= 11 is 1.69. The third kappa shape index (κ3) is 3.44. The average Bonchev–Trinajstić information content (AvgIpc) is 2.07. The molecule has 0 bridgehead atoms. The number of thioether (sulfide) groups is 1. The molecule has 0 unspecified atom stereocenters. The van der Waals surface area contributed by atoms with Crippen molar-refractivity contribution in [2.24, 2.45) is 0 Å². The molecule has 0 aliphatic heterocycles. The second-order valence-corrected chi connectivity index (χ2v) is 3.35. The van der Waals surface area contributed by atoms with Crippen molar-refractivity contribution >= 4 is 11.8 Å². The van der Waals surface area contributed by atoms with Crippen LogP contribution in [-0.4, -0.2) is 12.4 Å². The van der Waals surface area contributed by atoms with Crippen LogP contribution in [0, 0.1) is 0 Å². The number of hydrogen-bond donors (Lipinski definition) is 0. The van der Waals surface area contributed by atoms with E-state index in [2.05, 4.69) is 12.1 Å². The third-order valence-corrected chi connectivity index (χ3v) is 2.33. The predicted octanol–water partition coefficient (Wildman–Crippen LogP) is 2.35. The highest BCUT2D eigenvalue weighted by molar-refractivity contribution is 7.98. The molecule has 1 aromatic rings. The number of hydrogen-bond acceptors (Lipinski definition) is 1. The van der Waals surface area contributed by atoms with E-state index in [1.54, 1.807) is 11.8 Å². The van der Waals surface area contributed by atoms with Crippen LogP contribution < -0.4 is 0 Å². The fourth-order valence-electron chi connectivity index (χ4n) is 0.823. The Labute approximate surface area is 71.4 Å². The van der Waals surface area contributed by atoms with Crippen LogP contribution in [0.25, 0.3) is 0 Å². The standard InChI is InChI=1S/C9H11OS/c10-6-7-11-8-9-4-2-1-3-5-9/h1-5H,6-8H2. The Kier molecular flexibility index (Phi) is 4.09. The first kappa shape index (κ1) is 8.62. The molecule has 1 aromatic carbocycles. The van der Waals surface area contributed by atoms with Crippen molar-refractivity contribution in [1.82, 2.24) is 0 Å². The van der Waals surface area contributed by atoms with Crippen LogP contribution in [0.3, 0.4) is 0 Å². The van der Waals surface area contributed by atoms with E-state index in [9.17, 15) is 5.11 Å². The molecule has 0 saturated carbocycles. The van der Waals surface area contributed by atoms with E-state index in [1.807, 2.05) is 18.2 Å². The van der Waals surface area contributed by atoms with Gasteiger partial charge in [-0.05, 0) is 5.56 Å². The summed E-state index contributed by atoms with van der Waals surface area (Å²) in [5.41, 5.74) is 1.30. The van der Waals surface area contributed by atoms with Gasteiger partial charge in [-0.3, -0.25) is 0 Å². The summed E-state index contributed by atoms with van der Waals surface area (Å²) in [6.45, 7) is 0.0253. The smallest absolute Gasteiger partial charge is 0.0912 e. The molecule has 0 saturated heterocycles. The lowest BCUT2D eigenvalue weighted by molar-refractivity contribution is 0.215. The molecule has 0 atom stereocenters. The minimum Gasteiger partial charge on any atom is -0.236 e. The highest BCUT2D eigenvalue weighted by Gasteiger charge is 1.90. The summed E-state index contributed by atoms with van der Waals surface area (Å²) in [4.78, 5) is 0. The molecular formula is C9H11OS. The van der Waals surface area contributed by atoms with Crippen molar-refractivity contribution in [2.45, 2.75) is 5.75 Å². The van der Waals surface area contributed by atoms with E-state index < -0.39 is 0 Å². The van der Waals surface area contributed by atoms with Gasteiger partial charge in [0.05, 0.1) is 6.61 Å². The van der Waals surface area contributed by atoms with Gasteiger partial charge < -0.3 is 0 Å². The molecule has 0 amide bonds. The first-order valence-electron chi connectivity index (χ1n) is 3.63. The van der Waals surface area contributed by atoms with E-state index in [0.29, 0.717) is 0 Å². The summed E-state index contributed by atoms with van der Waals surface area (Å²) in [7, 11) is 0. The molecule has 11 heavy (non-hydrogen) atoms. The SMILES string of the molecule is [O]CCSCc1ccccc1. The molecule has 1 nitrogen and oxygen atoms in total. The van der Waals surface area contributed by atoms with Gasteiger partial charge in [-0.15, -0.1) is 0 Å². The highest BCUT2D eigenvalue weighted by atomic mass is 32.2. The lowest BCUT2D eigenvalue weighted by atomic mass is 10.2. The van der Waals surface area contributed by atoms with Crippen LogP contribution in [-0.2, 0) is 10.9 Å². The zero-order chi connectivity index (χ0) is 7.94. The van der Waals surface area contributed by atoms with Gasteiger partial charge in [0.2, 0.25) is 0 Å². The summed E-state index contributed by atoms with van der Waals surface area (Å²) in [5.74, 6) is 1.68. The predicted molar refractivity (Wildman–Crippen MR) is 48.2 cm³/mol. The van der Waals surface area contributed by atoms with Gasteiger partial charge >= 0.3 is 0 Å². The molecule has 2 heteroatoms. The molecule has 0 aliphatic rings. The zero-order valence-electron chi connectivity index (χ0n) is 6.32. The van der Waals surface area contributed by atoms with Crippen LogP contribution in [0.1, 0.15) is 5.56 Å². The first-order valence-corrected chi connectivity index (χ1v) is 4.78. The largest absolute Gasteiger partial charge is 0.236 e. The van der Waals surface area contributed by atoms with Gasteiger partial charge in [-0.2, -0.15) is 11.8 Å².